The highest BCUT2D eigenvalue weighted by molar-refractivity contribution is 5.76. The molecule has 0 radical (unpaired) electrons. The molecule has 2 nitrogen and oxygen atoms in total. The summed E-state index contributed by atoms with van der Waals surface area (Å²) in [5.74, 6) is 6.78. The lowest BCUT2D eigenvalue weighted by atomic mass is 10.1. The minimum absolute atomic E-state index is 0.0908. The summed E-state index contributed by atoms with van der Waals surface area (Å²) in [6.45, 7) is 8.59. The summed E-state index contributed by atoms with van der Waals surface area (Å²) in [6, 6.07) is 0. The Labute approximate surface area is 81.1 Å². The molecule has 0 saturated heterocycles. The van der Waals surface area contributed by atoms with Gasteiger partial charge in [-0.05, 0) is 5.92 Å². The van der Waals surface area contributed by atoms with E-state index in [4.69, 9.17) is 0 Å². The van der Waals surface area contributed by atoms with Crippen LogP contribution in [0.2, 0.25) is 0 Å². The quantitative estimate of drug-likeness (QED) is 0.661. The molecule has 2 heteroatoms. The molecular weight excluding hydrogens is 162 g/mol. The number of nitrogens with one attached hydrogen (secondary N) is 1. The molecule has 0 aliphatic heterocycles. The summed E-state index contributed by atoms with van der Waals surface area (Å²) in [5.41, 5.74) is 0. The molecule has 1 amide bonds. The second kappa shape index (κ2) is 6.54. The third kappa shape index (κ3) is 8.94. The molecule has 0 rings (SSSR count). The second-order valence-corrected chi connectivity index (χ2v) is 3.85. The van der Waals surface area contributed by atoms with Crippen LogP contribution in [0.4, 0.5) is 0 Å². The highest BCUT2D eigenvalue weighted by Crippen LogP contribution is 1.97. The molecule has 1 N–H and O–H groups in total. The Morgan fingerprint density at radius 3 is 2.38 bits per heavy atom. The minimum atomic E-state index is 0.0908. The number of carbonyl (C=O) groups is 1. The lowest BCUT2D eigenvalue weighted by Gasteiger charge is -2.03. The van der Waals surface area contributed by atoms with Gasteiger partial charge in [-0.15, -0.1) is 0 Å². The van der Waals surface area contributed by atoms with Crippen molar-refractivity contribution in [2.45, 2.75) is 34.1 Å². The average molecular weight is 181 g/mol. The maximum absolute atomic E-state index is 11.1. The zero-order valence-electron chi connectivity index (χ0n) is 8.98. The van der Waals surface area contributed by atoms with Crippen molar-refractivity contribution in [2.75, 3.05) is 6.54 Å². The Balaban J connectivity index is 3.55. The molecule has 0 aromatic rings. The van der Waals surface area contributed by atoms with Gasteiger partial charge in [0.1, 0.15) is 0 Å². The van der Waals surface area contributed by atoms with Crippen molar-refractivity contribution in [3.63, 3.8) is 0 Å². The second-order valence-electron chi connectivity index (χ2n) is 3.85. The molecule has 0 aromatic heterocycles. The molecule has 0 heterocycles. The first-order valence-corrected chi connectivity index (χ1v) is 4.77. The van der Waals surface area contributed by atoms with E-state index in [0.717, 1.165) is 0 Å². The fourth-order valence-corrected chi connectivity index (χ4v) is 0.841. The smallest absolute Gasteiger partial charge is 0.221 e. The first-order chi connectivity index (χ1) is 6.02. The van der Waals surface area contributed by atoms with Crippen molar-refractivity contribution in [3.05, 3.63) is 0 Å². The van der Waals surface area contributed by atoms with Gasteiger partial charge in [0.2, 0.25) is 5.91 Å². The molecule has 0 aliphatic carbocycles. The van der Waals surface area contributed by atoms with Crippen LogP contribution in [-0.2, 0) is 4.79 Å². The van der Waals surface area contributed by atoms with Crippen molar-refractivity contribution in [3.8, 4) is 11.8 Å². The van der Waals surface area contributed by atoms with Gasteiger partial charge >= 0.3 is 0 Å². The molecule has 0 aromatic carbocycles. The fourth-order valence-electron chi connectivity index (χ4n) is 0.841. The Bertz CT molecular complexity index is 208. The van der Waals surface area contributed by atoms with E-state index in [1.54, 1.807) is 0 Å². The van der Waals surface area contributed by atoms with Gasteiger partial charge in [-0.1, -0.05) is 39.5 Å². The van der Waals surface area contributed by atoms with Crippen LogP contribution < -0.4 is 5.32 Å². The largest absolute Gasteiger partial charge is 0.345 e. The average Bonchev–Trinajstić information content (AvgIpc) is 1.96. The summed E-state index contributed by atoms with van der Waals surface area (Å²) in [5, 5.41) is 2.76. The van der Waals surface area contributed by atoms with Gasteiger partial charge in [0.05, 0.1) is 6.54 Å². The van der Waals surface area contributed by atoms with Gasteiger partial charge in [-0.25, -0.2) is 0 Å². The maximum Gasteiger partial charge on any atom is 0.221 e. The zero-order valence-corrected chi connectivity index (χ0v) is 8.98. The molecule has 0 unspecified atom stereocenters. The summed E-state index contributed by atoms with van der Waals surface area (Å²) in [7, 11) is 0. The molecule has 0 fully saturated rings. The molecule has 0 aliphatic rings. The first-order valence-electron chi connectivity index (χ1n) is 4.77. The molecule has 13 heavy (non-hydrogen) atoms. The predicted octanol–water partition coefficient (Wildman–Crippen LogP) is 1.81. The van der Waals surface area contributed by atoms with E-state index >= 15 is 0 Å². The van der Waals surface area contributed by atoms with Crippen LogP contribution in [-0.4, -0.2) is 12.5 Å². The van der Waals surface area contributed by atoms with E-state index in [1.807, 2.05) is 27.7 Å². The molecule has 0 saturated carbocycles. The Kier molecular flexibility index (Phi) is 6.05. The lowest BCUT2D eigenvalue weighted by molar-refractivity contribution is -0.121. The number of carbonyl (C=O) groups excluding carboxylic acids is 1. The van der Waals surface area contributed by atoms with E-state index in [2.05, 4.69) is 17.2 Å². The van der Waals surface area contributed by atoms with E-state index in [1.165, 1.54) is 0 Å². The van der Waals surface area contributed by atoms with Crippen molar-refractivity contribution < 1.29 is 4.79 Å². The van der Waals surface area contributed by atoms with Gasteiger partial charge in [-0.3, -0.25) is 4.79 Å². The SMILES string of the molecule is CC(C)C#CCNC(=O)CC(C)C. The number of amides is 1. The summed E-state index contributed by atoms with van der Waals surface area (Å²) >= 11 is 0. The van der Waals surface area contributed by atoms with Gasteiger partial charge in [0.15, 0.2) is 0 Å². The van der Waals surface area contributed by atoms with Crippen LogP contribution in [0.3, 0.4) is 0 Å². The lowest BCUT2D eigenvalue weighted by Crippen LogP contribution is -2.24. The zero-order chi connectivity index (χ0) is 10.3. The predicted molar refractivity (Wildman–Crippen MR) is 55.1 cm³/mol. The Morgan fingerprint density at radius 1 is 1.31 bits per heavy atom. The van der Waals surface area contributed by atoms with Crippen molar-refractivity contribution in [1.82, 2.24) is 5.32 Å². The van der Waals surface area contributed by atoms with Gasteiger partial charge < -0.3 is 5.32 Å². The summed E-state index contributed by atoms with van der Waals surface area (Å²) in [4.78, 5) is 11.1. The van der Waals surface area contributed by atoms with Crippen molar-refractivity contribution in [2.24, 2.45) is 11.8 Å². The molecule has 0 spiro atoms. The molecule has 0 bridgehead atoms. The van der Waals surface area contributed by atoms with E-state index < -0.39 is 0 Å². The summed E-state index contributed by atoms with van der Waals surface area (Å²) in [6.07, 6.45) is 0.587. The van der Waals surface area contributed by atoms with E-state index in [9.17, 15) is 4.79 Å². The van der Waals surface area contributed by atoms with Crippen LogP contribution in [0.25, 0.3) is 0 Å². The van der Waals surface area contributed by atoms with Gasteiger partial charge in [0, 0.05) is 12.3 Å². The van der Waals surface area contributed by atoms with Crippen LogP contribution in [0.1, 0.15) is 34.1 Å². The number of hydrogen-bond acceptors (Lipinski definition) is 1. The number of rotatable bonds is 3. The molecular formula is C11H19NO. The third-order valence-electron chi connectivity index (χ3n) is 1.36. The van der Waals surface area contributed by atoms with E-state index in [0.29, 0.717) is 24.8 Å². The van der Waals surface area contributed by atoms with Crippen LogP contribution in [0, 0.1) is 23.7 Å². The van der Waals surface area contributed by atoms with Gasteiger partial charge in [-0.2, -0.15) is 0 Å². The Morgan fingerprint density at radius 2 is 1.92 bits per heavy atom. The maximum atomic E-state index is 11.1. The summed E-state index contributed by atoms with van der Waals surface area (Å²) < 4.78 is 0. The topological polar surface area (TPSA) is 29.1 Å². The standard InChI is InChI=1S/C11H19NO/c1-9(2)6-5-7-12-11(13)8-10(3)4/h9-10H,7-8H2,1-4H3,(H,12,13). The van der Waals surface area contributed by atoms with Crippen LogP contribution in [0.5, 0.6) is 0 Å². The Hall–Kier alpha value is -0.970. The normalized spacial score (nSPS) is 9.69. The van der Waals surface area contributed by atoms with Crippen LogP contribution >= 0.6 is 0 Å². The van der Waals surface area contributed by atoms with Crippen molar-refractivity contribution >= 4 is 5.91 Å². The molecule has 74 valence electrons. The monoisotopic (exact) mass is 181 g/mol. The third-order valence-corrected chi connectivity index (χ3v) is 1.36. The van der Waals surface area contributed by atoms with Gasteiger partial charge in [0.25, 0.3) is 0 Å². The first kappa shape index (κ1) is 12.0. The number of hydrogen-bond donors (Lipinski definition) is 1. The van der Waals surface area contributed by atoms with Crippen LogP contribution in [0.15, 0.2) is 0 Å². The highest BCUT2D eigenvalue weighted by atomic mass is 16.1. The van der Waals surface area contributed by atoms with E-state index in [-0.39, 0.29) is 5.91 Å². The fraction of sp³-hybridized carbons (Fsp3) is 0.727. The minimum Gasteiger partial charge on any atom is -0.345 e. The van der Waals surface area contributed by atoms with Crippen molar-refractivity contribution in [1.29, 1.82) is 0 Å². The molecule has 0 atom stereocenters. The highest BCUT2D eigenvalue weighted by Gasteiger charge is 2.01.